The van der Waals surface area contributed by atoms with Crippen LogP contribution in [0.15, 0.2) is 48.5 Å². The van der Waals surface area contributed by atoms with Crippen LogP contribution in [0.3, 0.4) is 0 Å². The number of nitrogens with zero attached hydrogens (tertiary/aromatic N) is 1. The Morgan fingerprint density at radius 1 is 0.690 bits per heavy atom. The molecule has 154 valence electrons. The van der Waals surface area contributed by atoms with Crippen LogP contribution in [0.4, 0.5) is 0 Å². The molecule has 0 amide bonds. The van der Waals surface area contributed by atoms with E-state index < -0.39 is 0 Å². The first-order chi connectivity index (χ1) is 14.3. The maximum Gasteiger partial charge on any atom is 0.0991 e. The second-order valence-corrected chi connectivity index (χ2v) is 8.90. The molecule has 0 radical (unpaired) electrons. The first-order valence-corrected chi connectivity index (χ1v) is 11.9. The molecule has 1 aliphatic rings. The lowest BCUT2D eigenvalue weighted by atomic mass is 9.76. The van der Waals surface area contributed by atoms with Gasteiger partial charge in [-0.3, -0.25) is 0 Å². The van der Waals surface area contributed by atoms with Crippen LogP contribution in [0.2, 0.25) is 0 Å². The zero-order valence-corrected chi connectivity index (χ0v) is 18.2. The SMILES string of the molecule is CCCCCCCCCc1ccc([C@H]2CC[C@H](c3ccc(C#N)cc3)CC2)cc1. The highest BCUT2D eigenvalue weighted by Crippen LogP contribution is 2.40. The van der Waals surface area contributed by atoms with E-state index in [0.29, 0.717) is 5.92 Å². The van der Waals surface area contributed by atoms with Gasteiger partial charge >= 0.3 is 0 Å². The highest BCUT2D eigenvalue weighted by Gasteiger charge is 2.23. The van der Waals surface area contributed by atoms with E-state index in [1.165, 1.54) is 93.7 Å². The molecular weight excluding hydrogens is 350 g/mol. The molecule has 0 aromatic heterocycles. The molecule has 1 heteroatoms. The third-order valence-corrected chi connectivity index (χ3v) is 6.76. The fraction of sp³-hybridized carbons (Fsp3) is 0.536. The quantitative estimate of drug-likeness (QED) is 0.376. The number of nitriles is 1. The summed E-state index contributed by atoms with van der Waals surface area (Å²) in [5, 5.41) is 8.97. The minimum atomic E-state index is 0.663. The zero-order valence-electron chi connectivity index (χ0n) is 18.2. The standard InChI is InChI=1S/C28H37N/c1-2-3-4-5-6-7-8-9-23-10-14-25(15-11-23)27-18-20-28(21-19-27)26-16-12-24(22-29)13-17-26/h10-17,27-28H,2-9,18-21H2,1H3/t27-,28-. The molecule has 0 spiro atoms. The van der Waals surface area contributed by atoms with E-state index in [1.54, 1.807) is 0 Å². The predicted octanol–water partition coefficient (Wildman–Crippen LogP) is 8.29. The Kier molecular flexibility index (Phi) is 8.82. The van der Waals surface area contributed by atoms with Gasteiger partial charge in [0.25, 0.3) is 0 Å². The van der Waals surface area contributed by atoms with Gasteiger partial charge in [-0.05, 0) is 79.2 Å². The van der Waals surface area contributed by atoms with Crippen LogP contribution in [0.1, 0.15) is 112 Å². The Hall–Kier alpha value is -2.07. The molecule has 1 fully saturated rings. The molecule has 0 N–H and O–H groups in total. The molecule has 0 bridgehead atoms. The van der Waals surface area contributed by atoms with E-state index in [4.69, 9.17) is 5.26 Å². The van der Waals surface area contributed by atoms with Crippen molar-refractivity contribution < 1.29 is 0 Å². The molecule has 0 saturated heterocycles. The highest BCUT2D eigenvalue weighted by atomic mass is 14.3. The van der Waals surface area contributed by atoms with Crippen LogP contribution in [0.5, 0.6) is 0 Å². The molecule has 2 aromatic carbocycles. The van der Waals surface area contributed by atoms with Gasteiger partial charge in [0.15, 0.2) is 0 Å². The smallest absolute Gasteiger partial charge is 0.0991 e. The zero-order chi connectivity index (χ0) is 20.3. The molecule has 0 atom stereocenters. The van der Waals surface area contributed by atoms with E-state index in [0.717, 1.165) is 11.5 Å². The molecule has 0 aliphatic heterocycles. The lowest BCUT2D eigenvalue weighted by molar-refractivity contribution is 0.396. The summed E-state index contributed by atoms with van der Waals surface area (Å²) in [5.41, 5.74) is 5.21. The molecule has 1 aliphatic carbocycles. The molecule has 29 heavy (non-hydrogen) atoms. The van der Waals surface area contributed by atoms with Crippen molar-refractivity contribution in [1.29, 1.82) is 5.26 Å². The predicted molar refractivity (Wildman–Crippen MR) is 123 cm³/mol. The Morgan fingerprint density at radius 3 is 1.69 bits per heavy atom. The maximum atomic E-state index is 8.97. The van der Waals surface area contributed by atoms with Crippen molar-refractivity contribution in [2.45, 2.75) is 95.8 Å². The number of rotatable bonds is 10. The van der Waals surface area contributed by atoms with Gasteiger partial charge in [-0.15, -0.1) is 0 Å². The highest BCUT2D eigenvalue weighted by molar-refractivity contribution is 5.33. The maximum absolute atomic E-state index is 8.97. The molecule has 2 aromatic rings. The van der Waals surface area contributed by atoms with Gasteiger partial charge < -0.3 is 0 Å². The van der Waals surface area contributed by atoms with E-state index in [9.17, 15) is 0 Å². The second-order valence-electron chi connectivity index (χ2n) is 8.90. The van der Waals surface area contributed by atoms with Crippen molar-refractivity contribution in [2.24, 2.45) is 0 Å². The minimum absolute atomic E-state index is 0.663. The Labute approximate surface area is 178 Å². The van der Waals surface area contributed by atoms with E-state index in [-0.39, 0.29) is 0 Å². The third-order valence-electron chi connectivity index (χ3n) is 6.76. The van der Waals surface area contributed by atoms with Gasteiger partial charge in [0.1, 0.15) is 0 Å². The summed E-state index contributed by atoms with van der Waals surface area (Å²) >= 11 is 0. The average Bonchev–Trinajstić information content (AvgIpc) is 2.79. The fourth-order valence-corrected chi connectivity index (χ4v) is 4.83. The number of unbranched alkanes of at least 4 members (excludes halogenated alkanes) is 6. The third kappa shape index (κ3) is 6.74. The van der Waals surface area contributed by atoms with Crippen LogP contribution in [0, 0.1) is 11.3 Å². The second kappa shape index (κ2) is 11.8. The first-order valence-electron chi connectivity index (χ1n) is 11.9. The van der Waals surface area contributed by atoms with E-state index in [2.05, 4.69) is 49.4 Å². The fourth-order valence-electron chi connectivity index (χ4n) is 4.83. The van der Waals surface area contributed by atoms with E-state index in [1.807, 2.05) is 12.1 Å². The molecule has 1 nitrogen and oxygen atoms in total. The summed E-state index contributed by atoms with van der Waals surface area (Å²) < 4.78 is 0. The van der Waals surface area contributed by atoms with Crippen molar-refractivity contribution in [3.63, 3.8) is 0 Å². The van der Waals surface area contributed by atoms with Crippen LogP contribution >= 0.6 is 0 Å². The lowest BCUT2D eigenvalue weighted by Gasteiger charge is -2.29. The Morgan fingerprint density at radius 2 is 1.17 bits per heavy atom. The van der Waals surface area contributed by atoms with Crippen molar-refractivity contribution in [3.05, 3.63) is 70.8 Å². The molecule has 0 heterocycles. The summed E-state index contributed by atoms with van der Waals surface area (Å²) in [6.45, 7) is 2.28. The first kappa shape index (κ1) is 21.6. The van der Waals surface area contributed by atoms with Crippen LogP contribution in [-0.2, 0) is 6.42 Å². The van der Waals surface area contributed by atoms with Gasteiger partial charge in [0, 0.05) is 0 Å². The number of aryl methyl sites for hydroxylation is 1. The summed E-state index contributed by atoms with van der Waals surface area (Å²) in [5.74, 6) is 1.38. The van der Waals surface area contributed by atoms with Gasteiger partial charge in [-0.25, -0.2) is 0 Å². The summed E-state index contributed by atoms with van der Waals surface area (Å²) in [7, 11) is 0. The Bertz CT molecular complexity index is 742. The largest absolute Gasteiger partial charge is 0.192 e. The lowest BCUT2D eigenvalue weighted by Crippen LogP contribution is -2.12. The summed E-state index contributed by atoms with van der Waals surface area (Å²) in [6, 6.07) is 20.0. The van der Waals surface area contributed by atoms with Gasteiger partial charge in [0.2, 0.25) is 0 Å². The molecular formula is C28H37N. The topological polar surface area (TPSA) is 23.8 Å². The molecule has 0 unspecified atom stereocenters. The average molecular weight is 388 g/mol. The summed E-state index contributed by atoms with van der Waals surface area (Å²) in [6.07, 6.45) is 16.0. The van der Waals surface area contributed by atoms with Gasteiger partial charge in [-0.1, -0.05) is 81.8 Å². The molecule has 1 saturated carbocycles. The summed E-state index contributed by atoms with van der Waals surface area (Å²) in [4.78, 5) is 0. The number of hydrogen-bond donors (Lipinski definition) is 0. The Balaban J connectivity index is 1.40. The van der Waals surface area contributed by atoms with E-state index >= 15 is 0 Å². The van der Waals surface area contributed by atoms with Crippen LogP contribution < -0.4 is 0 Å². The van der Waals surface area contributed by atoms with Gasteiger partial charge in [-0.2, -0.15) is 5.26 Å². The molecule has 3 rings (SSSR count). The monoisotopic (exact) mass is 387 g/mol. The number of hydrogen-bond acceptors (Lipinski definition) is 1. The van der Waals surface area contributed by atoms with Crippen molar-refractivity contribution >= 4 is 0 Å². The minimum Gasteiger partial charge on any atom is -0.192 e. The number of benzene rings is 2. The van der Waals surface area contributed by atoms with Crippen LogP contribution in [0.25, 0.3) is 0 Å². The van der Waals surface area contributed by atoms with Crippen molar-refractivity contribution in [3.8, 4) is 6.07 Å². The van der Waals surface area contributed by atoms with Gasteiger partial charge in [0.05, 0.1) is 11.6 Å². The van der Waals surface area contributed by atoms with Crippen molar-refractivity contribution in [1.82, 2.24) is 0 Å². The van der Waals surface area contributed by atoms with Crippen LogP contribution in [-0.4, -0.2) is 0 Å². The normalized spacial score (nSPS) is 19.0. The van der Waals surface area contributed by atoms with Crippen molar-refractivity contribution in [2.75, 3.05) is 0 Å².